The number of ether oxygens (including phenoxy) is 2. The SMILES string of the molecule is COc1ccccc1CN(Cc1cccs1)C(=O)C1=Cc2ccccc2OC1. The minimum atomic E-state index is -0.0196. The predicted molar refractivity (Wildman–Crippen MR) is 111 cm³/mol. The summed E-state index contributed by atoms with van der Waals surface area (Å²) in [4.78, 5) is 16.4. The highest BCUT2D eigenvalue weighted by Gasteiger charge is 2.23. The smallest absolute Gasteiger partial charge is 0.253 e. The van der Waals surface area contributed by atoms with Crippen molar-refractivity contribution in [2.24, 2.45) is 0 Å². The third-order valence-corrected chi connectivity index (χ3v) is 5.54. The number of fused-ring (bicyclic) bond motifs is 1. The Labute approximate surface area is 168 Å². The van der Waals surface area contributed by atoms with Gasteiger partial charge in [-0.05, 0) is 29.7 Å². The molecule has 2 aromatic carbocycles. The Morgan fingerprint density at radius 2 is 1.89 bits per heavy atom. The summed E-state index contributed by atoms with van der Waals surface area (Å²) in [5.74, 6) is 1.58. The van der Waals surface area contributed by atoms with E-state index in [0.29, 0.717) is 18.7 Å². The minimum absolute atomic E-state index is 0.0196. The van der Waals surface area contributed by atoms with E-state index in [1.165, 1.54) is 0 Å². The van der Waals surface area contributed by atoms with Crippen LogP contribution in [-0.4, -0.2) is 24.5 Å². The average molecular weight is 391 g/mol. The molecule has 5 heteroatoms. The van der Waals surface area contributed by atoms with Gasteiger partial charge in [0.05, 0.1) is 25.8 Å². The monoisotopic (exact) mass is 391 g/mol. The van der Waals surface area contributed by atoms with Crippen molar-refractivity contribution in [3.63, 3.8) is 0 Å². The molecule has 1 aliphatic rings. The first-order chi connectivity index (χ1) is 13.7. The van der Waals surface area contributed by atoms with Gasteiger partial charge in [-0.25, -0.2) is 0 Å². The van der Waals surface area contributed by atoms with Crippen LogP contribution in [0.5, 0.6) is 11.5 Å². The van der Waals surface area contributed by atoms with Crippen molar-refractivity contribution in [1.82, 2.24) is 4.90 Å². The third kappa shape index (κ3) is 3.94. The Hall–Kier alpha value is -3.05. The molecule has 0 N–H and O–H groups in total. The van der Waals surface area contributed by atoms with Crippen molar-refractivity contribution in [2.45, 2.75) is 13.1 Å². The number of carbonyl (C=O) groups is 1. The van der Waals surface area contributed by atoms with Crippen LogP contribution < -0.4 is 9.47 Å². The maximum Gasteiger partial charge on any atom is 0.253 e. The zero-order valence-corrected chi connectivity index (χ0v) is 16.4. The molecule has 1 aromatic heterocycles. The van der Waals surface area contributed by atoms with Gasteiger partial charge >= 0.3 is 0 Å². The van der Waals surface area contributed by atoms with E-state index in [1.54, 1.807) is 18.4 Å². The summed E-state index contributed by atoms with van der Waals surface area (Å²) < 4.78 is 11.3. The number of amides is 1. The maximum atomic E-state index is 13.4. The molecule has 0 saturated heterocycles. The number of benzene rings is 2. The predicted octanol–water partition coefficient (Wildman–Crippen LogP) is 4.76. The highest BCUT2D eigenvalue weighted by molar-refractivity contribution is 7.09. The second-order valence-corrected chi connectivity index (χ2v) is 7.58. The first-order valence-electron chi connectivity index (χ1n) is 9.10. The number of nitrogens with zero attached hydrogens (tertiary/aromatic N) is 1. The van der Waals surface area contributed by atoms with Crippen molar-refractivity contribution in [3.8, 4) is 11.5 Å². The fraction of sp³-hybridized carbons (Fsp3) is 0.174. The molecule has 1 aliphatic heterocycles. The average Bonchev–Trinajstić information content (AvgIpc) is 3.26. The van der Waals surface area contributed by atoms with Gasteiger partial charge in [0, 0.05) is 16.0 Å². The largest absolute Gasteiger partial charge is 0.496 e. The second-order valence-electron chi connectivity index (χ2n) is 6.55. The zero-order chi connectivity index (χ0) is 19.3. The number of rotatable bonds is 6. The Kier molecular flexibility index (Phi) is 5.44. The molecule has 1 amide bonds. The molecule has 142 valence electrons. The van der Waals surface area contributed by atoms with Gasteiger partial charge in [0.1, 0.15) is 18.1 Å². The number of thiophene rings is 1. The molecule has 0 radical (unpaired) electrons. The number of hydrogen-bond acceptors (Lipinski definition) is 4. The molecule has 3 aromatic rings. The summed E-state index contributed by atoms with van der Waals surface area (Å²) >= 11 is 1.65. The fourth-order valence-electron chi connectivity index (χ4n) is 3.27. The quantitative estimate of drug-likeness (QED) is 0.608. The van der Waals surface area contributed by atoms with Gasteiger partial charge in [0.2, 0.25) is 0 Å². The number of carbonyl (C=O) groups excluding carboxylic acids is 1. The van der Waals surface area contributed by atoms with E-state index in [0.717, 1.165) is 27.5 Å². The molecule has 0 spiro atoms. The molecule has 4 nitrogen and oxygen atoms in total. The fourth-order valence-corrected chi connectivity index (χ4v) is 3.99. The molecule has 0 bridgehead atoms. The van der Waals surface area contributed by atoms with Gasteiger partial charge in [-0.2, -0.15) is 0 Å². The zero-order valence-electron chi connectivity index (χ0n) is 15.6. The summed E-state index contributed by atoms with van der Waals surface area (Å²) in [5, 5.41) is 2.03. The summed E-state index contributed by atoms with van der Waals surface area (Å²) in [7, 11) is 1.65. The van der Waals surface area contributed by atoms with Gasteiger partial charge in [0.15, 0.2) is 0 Å². The van der Waals surface area contributed by atoms with Crippen LogP contribution in [0.15, 0.2) is 71.6 Å². The van der Waals surface area contributed by atoms with Gasteiger partial charge in [-0.15, -0.1) is 11.3 Å². The van der Waals surface area contributed by atoms with Gasteiger partial charge in [-0.1, -0.05) is 42.5 Å². The molecule has 0 atom stereocenters. The van der Waals surface area contributed by atoms with Crippen LogP contribution >= 0.6 is 11.3 Å². The van der Waals surface area contributed by atoms with Crippen molar-refractivity contribution in [1.29, 1.82) is 0 Å². The number of methoxy groups -OCH3 is 1. The van der Waals surface area contributed by atoms with E-state index in [4.69, 9.17) is 9.47 Å². The summed E-state index contributed by atoms with van der Waals surface area (Å²) in [6, 6.07) is 19.6. The number of para-hydroxylation sites is 2. The van der Waals surface area contributed by atoms with Crippen LogP contribution in [0.2, 0.25) is 0 Å². The maximum absolute atomic E-state index is 13.4. The van der Waals surface area contributed by atoms with Crippen molar-refractivity contribution in [3.05, 3.63) is 87.6 Å². The molecule has 0 fully saturated rings. The topological polar surface area (TPSA) is 38.8 Å². The van der Waals surface area contributed by atoms with Crippen LogP contribution in [-0.2, 0) is 17.9 Å². The van der Waals surface area contributed by atoms with E-state index in [9.17, 15) is 4.79 Å². The van der Waals surface area contributed by atoms with Crippen LogP contribution in [0, 0.1) is 0 Å². The highest BCUT2D eigenvalue weighted by Crippen LogP contribution is 2.28. The Morgan fingerprint density at radius 1 is 1.07 bits per heavy atom. The molecule has 0 unspecified atom stereocenters. The Morgan fingerprint density at radius 3 is 2.71 bits per heavy atom. The number of hydrogen-bond donors (Lipinski definition) is 0. The standard InChI is InChI=1S/C23H21NO3S/c1-26-21-10-4-3-8-18(21)14-24(15-20-9-6-12-28-20)23(25)19-13-17-7-2-5-11-22(17)27-16-19/h2-13H,14-16H2,1H3. The first-order valence-corrected chi connectivity index (χ1v) is 9.98. The lowest BCUT2D eigenvalue weighted by atomic mass is 10.1. The summed E-state index contributed by atoms with van der Waals surface area (Å²) in [6.07, 6.45) is 1.94. The molecule has 4 rings (SSSR count). The van der Waals surface area contributed by atoms with Crippen molar-refractivity contribution < 1.29 is 14.3 Å². The highest BCUT2D eigenvalue weighted by atomic mass is 32.1. The van der Waals surface area contributed by atoms with E-state index >= 15 is 0 Å². The summed E-state index contributed by atoms with van der Waals surface area (Å²) in [5.41, 5.74) is 2.57. The second kappa shape index (κ2) is 8.31. The first kappa shape index (κ1) is 18.3. The molecule has 2 heterocycles. The van der Waals surface area contributed by atoms with Gasteiger partial charge < -0.3 is 14.4 Å². The van der Waals surface area contributed by atoms with E-state index in [-0.39, 0.29) is 12.5 Å². The van der Waals surface area contributed by atoms with Crippen LogP contribution in [0.1, 0.15) is 16.0 Å². The lowest BCUT2D eigenvalue weighted by Crippen LogP contribution is -2.33. The molecule has 0 aliphatic carbocycles. The van der Waals surface area contributed by atoms with Crippen LogP contribution in [0.3, 0.4) is 0 Å². The van der Waals surface area contributed by atoms with Crippen LogP contribution in [0.4, 0.5) is 0 Å². The van der Waals surface area contributed by atoms with E-state index in [2.05, 4.69) is 0 Å². The van der Waals surface area contributed by atoms with Gasteiger partial charge in [0.25, 0.3) is 5.91 Å². The normalized spacial score (nSPS) is 12.5. The molecule has 28 heavy (non-hydrogen) atoms. The molecule has 0 saturated carbocycles. The van der Waals surface area contributed by atoms with E-state index in [1.807, 2.05) is 77.0 Å². The Balaban J connectivity index is 1.63. The lowest BCUT2D eigenvalue weighted by Gasteiger charge is -2.26. The Bertz CT molecular complexity index is 995. The molecular weight excluding hydrogens is 370 g/mol. The van der Waals surface area contributed by atoms with Gasteiger partial charge in [-0.3, -0.25) is 4.79 Å². The van der Waals surface area contributed by atoms with Crippen molar-refractivity contribution in [2.75, 3.05) is 13.7 Å². The molecular formula is C23H21NO3S. The van der Waals surface area contributed by atoms with Crippen LogP contribution in [0.25, 0.3) is 6.08 Å². The third-order valence-electron chi connectivity index (χ3n) is 4.67. The lowest BCUT2D eigenvalue weighted by molar-refractivity contribution is -0.128. The minimum Gasteiger partial charge on any atom is -0.496 e. The summed E-state index contributed by atoms with van der Waals surface area (Å²) in [6.45, 7) is 1.30. The van der Waals surface area contributed by atoms with Crippen molar-refractivity contribution >= 4 is 23.3 Å². The van der Waals surface area contributed by atoms with E-state index < -0.39 is 0 Å².